The summed E-state index contributed by atoms with van der Waals surface area (Å²) in [6, 6.07) is 7.88. The fourth-order valence-corrected chi connectivity index (χ4v) is 1.95. The highest BCUT2D eigenvalue weighted by atomic mass is 16.1. The first-order valence-electron chi connectivity index (χ1n) is 6.33. The van der Waals surface area contributed by atoms with Crippen LogP contribution in [0, 0.1) is 0 Å². The minimum Gasteiger partial charge on any atom is -0.382 e. The Balaban J connectivity index is 2.62. The summed E-state index contributed by atoms with van der Waals surface area (Å²) >= 11 is 0. The maximum absolute atomic E-state index is 10.9. The molecule has 3 N–H and O–H groups in total. The summed E-state index contributed by atoms with van der Waals surface area (Å²) in [4.78, 5) is 10.9. The average Bonchev–Trinajstić information content (AvgIpc) is 2.30. The lowest BCUT2D eigenvalue weighted by atomic mass is 10.1. The van der Waals surface area contributed by atoms with Crippen LogP contribution >= 0.6 is 0 Å². The first-order valence-corrected chi connectivity index (χ1v) is 6.33. The molecule has 0 radical (unpaired) electrons. The van der Waals surface area contributed by atoms with E-state index >= 15 is 0 Å². The summed E-state index contributed by atoms with van der Waals surface area (Å²) in [7, 11) is 0. The highest BCUT2D eigenvalue weighted by Crippen LogP contribution is 2.15. The third-order valence-electron chi connectivity index (χ3n) is 2.81. The fourth-order valence-electron chi connectivity index (χ4n) is 1.95. The van der Waals surface area contributed by atoms with Crippen molar-refractivity contribution in [1.82, 2.24) is 0 Å². The van der Waals surface area contributed by atoms with Gasteiger partial charge in [0.05, 0.1) is 0 Å². The van der Waals surface area contributed by atoms with Gasteiger partial charge in [0, 0.05) is 17.3 Å². The van der Waals surface area contributed by atoms with Crippen LogP contribution in [0.2, 0.25) is 0 Å². The number of benzene rings is 1. The van der Waals surface area contributed by atoms with Crippen molar-refractivity contribution in [1.29, 1.82) is 0 Å². The number of hydrogen-bond acceptors (Lipinski definition) is 2. The maximum Gasteiger partial charge on any atom is 0.248 e. The second-order valence-corrected chi connectivity index (χ2v) is 4.36. The summed E-state index contributed by atoms with van der Waals surface area (Å²) in [5.41, 5.74) is 6.81. The van der Waals surface area contributed by atoms with Crippen LogP contribution in [0.3, 0.4) is 0 Å². The molecule has 1 aromatic carbocycles. The summed E-state index contributed by atoms with van der Waals surface area (Å²) in [6.07, 6.45) is 4.70. The molecule has 0 aliphatic carbocycles. The molecule has 0 unspecified atom stereocenters. The van der Waals surface area contributed by atoms with E-state index in [4.69, 9.17) is 5.73 Å². The van der Waals surface area contributed by atoms with Crippen molar-refractivity contribution in [2.45, 2.75) is 45.6 Å². The van der Waals surface area contributed by atoms with Crippen LogP contribution in [0.1, 0.15) is 49.9 Å². The zero-order valence-electron chi connectivity index (χ0n) is 10.7. The molecule has 17 heavy (non-hydrogen) atoms. The van der Waals surface area contributed by atoms with Crippen LogP contribution in [0.25, 0.3) is 0 Å². The third-order valence-corrected chi connectivity index (χ3v) is 2.81. The van der Waals surface area contributed by atoms with E-state index in [-0.39, 0.29) is 5.91 Å². The van der Waals surface area contributed by atoms with Crippen LogP contribution < -0.4 is 11.1 Å². The molecule has 0 fully saturated rings. The van der Waals surface area contributed by atoms with Crippen LogP contribution in [0.5, 0.6) is 0 Å². The Morgan fingerprint density at radius 2 is 1.71 bits per heavy atom. The van der Waals surface area contributed by atoms with Gasteiger partial charge < -0.3 is 11.1 Å². The number of hydrogen-bond donors (Lipinski definition) is 2. The molecular formula is C14H22N2O. The lowest BCUT2D eigenvalue weighted by Gasteiger charge is -2.18. The second kappa shape index (κ2) is 6.94. The van der Waals surface area contributed by atoms with Gasteiger partial charge in [-0.25, -0.2) is 0 Å². The Kier molecular flexibility index (Phi) is 5.53. The van der Waals surface area contributed by atoms with Crippen molar-refractivity contribution in [3.8, 4) is 0 Å². The Morgan fingerprint density at radius 1 is 1.18 bits per heavy atom. The van der Waals surface area contributed by atoms with E-state index in [9.17, 15) is 4.79 Å². The maximum atomic E-state index is 10.9. The van der Waals surface area contributed by atoms with Crippen LogP contribution in [0.4, 0.5) is 5.69 Å². The predicted molar refractivity (Wildman–Crippen MR) is 72.2 cm³/mol. The van der Waals surface area contributed by atoms with E-state index < -0.39 is 0 Å². The number of rotatable bonds is 7. The molecular weight excluding hydrogens is 212 g/mol. The number of nitrogens with two attached hydrogens (primary N) is 1. The highest BCUT2D eigenvalue weighted by Gasteiger charge is 2.06. The molecule has 0 aromatic heterocycles. The highest BCUT2D eigenvalue weighted by molar-refractivity contribution is 5.93. The SMILES string of the molecule is CCCC(CCC)Nc1ccc(C(N)=O)cc1. The zero-order chi connectivity index (χ0) is 12.7. The van der Waals surface area contributed by atoms with Crippen molar-refractivity contribution in [3.63, 3.8) is 0 Å². The van der Waals surface area contributed by atoms with Gasteiger partial charge in [-0.1, -0.05) is 26.7 Å². The van der Waals surface area contributed by atoms with E-state index in [1.54, 1.807) is 12.1 Å². The molecule has 0 spiro atoms. The number of carbonyl (C=O) groups excluding carboxylic acids is 1. The second-order valence-electron chi connectivity index (χ2n) is 4.36. The van der Waals surface area contributed by atoms with Crippen molar-refractivity contribution >= 4 is 11.6 Å². The first-order chi connectivity index (χ1) is 8.17. The molecule has 3 nitrogen and oxygen atoms in total. The number of anilines is 1. The zero-order valence-corrected chi connectivity index (χ0v) is 10.7. The summed E-state index contributed by atoms with van der Waals surface area (Å²) in [6.45, 7) is 4.39. The molecule has 3 heteroatoms. The van der Waals surface area contributed by atoms with E-state index in [1.165, 1.54) is 25.7 Å². The Hall–Kier alpha value is -1.51. The first kappa shape index (κ1) is 13.6. The summed E-state index contributed by atoms with van der Waals surface area (Å²) in [5.74, 6) is -0.379. The number of nitrogens with one attached hydrogen (secondary N) is 1. The van der Waals surface area contributed by atoms with Gasteiger partial charge in [0.25, 0.3) is 0 Å². The fraction of sp³-hybridized carbons (Fsp3) is 0.500. The molecule has 0 aliphatic heterocycles. The van der Waals surface area contributed by atoms with Crippen LogP contribution in [0.15, 0.2) is 24.3 Å². The Labute approximate surface area is 103 Å². The van der Waals surface area contributed by atoms with Crippen molar-refractivity contribution in [2.75, 3.05) is 5.32 Å². The molecule has 0 saturated heterocycles. The van der Waals surface area contributed by atoms with Gasteiger partial charge in [0.15, 0.2) is 0 Å². The van der Waals surface area contributed by atoms with Crippen molar-refractivity contribution < 1.29 is 4.79 Å². The molecule has 0 heterocycles. The van der Waals surface area contributed by atoms with E-state index in [1.807, 2.05) is 12.1 Å². The smallest absolute Gasteiger partial charge is 0.248 e. The minimum absolute atomic E-state index is 0.379. The van der Waals surface area contributed by atoms with Gasteiger partial charge in [-0.2, -0.15) is 0 Å². The van der Waals surface area contributed by atoms with Crippen LogP contribution in [-0.4, -0.2) is 11.9 Å². The predicted octanol–water partition coefficient (Wildman–Crippen LogP) is 3.17. The monoisotopic (exact) mass is 234 g/mol. The quantitative estimate of drug-likeness (QED) is 0.761. The lowest BCUT2D eigenvalue weighted by Crippen LogP contribution is -2.19. The molecule has 1 amide bonds. The molecule has 1 rings (SSSR count). The topological polar surface area (TPSA) is 55.1 Å². The number of carbonyl (C=O) groups is 1. The molecule has 0 atom stereocenters. The van der Waals surface area contributed by atoms with E-state index in [0.717, 1.165) is 5.69 Å². The van der Waals surface area contributed by atoms with Crippen molar-refractivity contribution in [2.24, 2.45) is 5.73 Å². The lowest BCUT2D eigenvalue weighted by molar-refractivity contribution is 0.100. The molecule has 0 bridgehead atoms. The Morgan fingerprint density at radius 3 is 2.12 bits per heavy atom. The van der Waals surface area contributed by atoms with Gasteiger partial charge in [0.2, 0.25) is 5.91 Å². The van der Waals surface area contributed by atoms with E-state index in [0.29, 0.717) is 11.6 Å². The van der Waals surface area contributed by atoms with Gasteiger partial charge >= 0.3 is 0 Å². The molecule has 94 valence electrons. The van der Waals surface area contributed by atoms with E-state index in [2.05, 4.69) is 19.2 Å². The van der Waals surface area contributed by atoms with Gasteiger partial charge in [0.1, 0.15) is 0 Å². The Bertz CT molecular complexity index is 340. The van der Waals surface area contributed by atoms with Crippen molar-refractivity contribution in [3.05, 3.63) is 29.8 Å². The molecule has 0 saturated carbocycles. The van der Waals surface area contributed by atoms with Gasteiger partial charge in [-0.15, -0.1) is 0 Å². The molecule has 0 aliphatic rings. The van der Waals surface area contributed by atoms with Gasteiger partial charge in [-0.05, 0) is 37.1 Å². The largest absolute Gasteiger partial charge is 0.382 e. The third kappa shape index (κ3) is 4.47. The average molecular weight is 234 g/mol. The number of amides is 1. The summed E-state index contributed by atoms with van der Waals surface area (Å²) < 4.78 is 0. The molecule has 1 aromatic rings. The normalized spacial score (nSPS) is 10.5. The standard InChI is InChI=1S/C14H22N2O/c1-3-5-12(6-4-2)16-13-9-7-11(8-10-13)14(15)17/h7-10,12,16H,3-6H2,1-2H3,(H2,15,17). The minimum atomic E-state index is -0.379. The van der Waals surface area contributed by atoms with Crippen LogP contribution in [-0.2, 0) is 0 Å². The summed E-state index contributed by atoms with van der Waals surface area (Å²) in [5, 5.41) is 3.49. The van der Waals surface area contributed by atoms with Gasteiger partial charge in [-0.3, -0.25) is 4.79 Å². The number of primary amides is 1.